The second-order valence-electron chi connectivity index (χ2n) is 5.73. The predicted octanol–water partition coefficient (Wildman–Crippen LogP) is 3.11. The van der Waals surface area contributed by atoms with Gasteiger partial charge in [-0.2, -0.15) is 0 Å². The molecule has 0 saturated carbocycles. The van der Waals surface area contributed by atoms with Gasteiger partial charge < -0.3 is 19.1 Å². The van der Waals surface area contributed by atoms with Gasteiger partial charge in [0.1, 0.15) is 4.88 Å². The Morgan fingerprint density at radius 2 is 1.88 bits per heavy atom. The van der Waals surface area contributed by atoms with Crippen LogP contribution >= 0.6 is 11.3 Å². The fourth-order valence-corrected chi connectivity index (χ4v) is 3.59. The maximum absolute atomic E-state index is 12.6. The molecule has 0 fully saturated rings. The van der Waals surface area contributed by atoms with E-state index in [1.165, 1.54) is 18.4 Å². The smallest absolute Gasteiger partial charge is 0.348 e. The minimum absolute atomic E-state index is 0.0296. The summed E-state index contributed by atoms with van der Waals surface area (Å²) in [5.74, 6) is 0.822. The van der Waals surface area contributed by atoms with Crippen molar-refractivity contribution in [1.82, 2.24) is 4.90 Å². The monoisotopic (exact) mass is 373 g/mol. The minimum Gasteiger partial charge on any atom is -0.493 e. The molecule has 6 nitrogen and oxygen atoms in total. The summed E-state index contributed by atoms with van der Waals surface area (Å²) in [4.78, 5) is 26.4. The van der Waals surface area contributed by atoms with Crippen molar-refractivity contribution in [2.75, 3.05) is 21.3 Å². The molecule has 26 heavy (non-hydrogen) atoms. The number of benzene rings is 1. The van der Waals surface area contributed by atoms with Gasteiger partial charge in [-0.25, -0.2) is 4.79 Å². The number of hydrogen-bond acceptors (Lipinski definition) is 6. The quantitative estimate of drug-likeness (QED) is 0.754. The molecule has 1 amide bonds. The van der Waals surface area contributed by atoms with E-state index in [-0.39, 0.29) is 18.3 Å². The van der Waals surface area contributed by atoms with Crippen LogP contribution < -0.4 is 9.47 Å². The van der Waals surface area contributed by atoms with Crippen molar-refractivity contribution >= 4 is 29.3 Å². The molecule has 0 atom stereocenters. The van der Waals surface area contributed by atoms with Crippen molar-refractivity contribution in [3.8, 4) is 11.5 Å². The van der Waals surface area contributed by atoms with Gasteiger partial charge in [-0.15, -0.1) is 11.3 Å². The molecule has 1 aliphatic heterocycles. The van der Waals surface area contributed by atoms with Gasteiger partial charge in [0, 0.05) is 6.20 Å². The SMILES string of the molecule is COC(=O)c1cc(CN2C=Cc3cc(OC)c(OC)cc3CC2=O)cs1. The van der Waals surface area contributed by atoms with Crippen LogP contribution in [-0.4, -0.2) is 38.1 Å². The lowest BCUT2D eigenvalue weighted by Gasteiger charge is -2.16. The van der Waals surface area contributed by atoms with Crippen LogP contribution in [0, 0.1) is 0 Å². The standard InChI is InChI=1S/C19H19NO5S/c1-23-15-7-13-4-5-20(18(21)9-14(13)8-16(15)24-2)10-12-6-17(26-11-12)19(22)25-3/h4-8,11H,9-10H2,1-3H3. The summed E-state index contributed by atoms with van der Waals surface area (Å²) in [6.07, 6.45) is 3.90. The molecule has 0 saturated heterocycles. The average molecular weight is 373 g/mol. The van der Waals surface area contributed by atoms with E-state index in [9.17, 15) is 9.59 Å². The van der Waals surface area contributed by atoms with E-state index in [4.69, 9.17) is 14.2 Å². The largest absolute Gasteiger partial charge is 0.493 e. The molecule has 2 heterocycles. The molecule has 0 unspecified atom stereocenters. The average Bonchev–Trinajstić information content (AvgIpc) is 3.07. The summed E-state index contributed by atoms with van der Waals surface area (Å²) < 4.78 is 15.4. The number of carbonyl (C=O) groups is 2. The summed E-state index contributed by atoms with van der Waals surface area (Å²) in [5, 5.41) is 1.86. The number of carbonyl (C=O) groups excluding carboxylic acids is 2. The molecule has 0 N–H and O–H groups in total. The third kappa shape index (κ3) is 3.57. The van der Waals surface area contributed by atoms with Gasteiger partial charge in [-0.05, 0) is 46.3 Å². The number of amides is 1. The lowest BCUT2D eigenvalue weighted by molar-refractivity contribution is -0.128. The normalized spacial score (nSPS) is 13.2. The highest BCUT2D eigenvalue weighted by Gasteiger charge is 2.20. The number of thiophene rings is 1. The molecule has 0 aliphatic carbocycles. The third-order valence-corrected chi connectivity index (χ3v) is 5.09. The van der Waals surface area contributed by atoms with Crippen LogP contribution in [0.25, 0.3) is 6.08 Å². The summed E-state index contributed by atoms with van der Waals surface area (Å²) in [7, 11) is 4.50. The topological polar surface area (TPSA) is 65.1 Å². The second kappa shape index (κ2) is 7.61. The summed E-state index contributed by atoms with van der Waals surface area (Å²) in [6, 6.07) is 5.45. The number of esters is 1. The number of fused-ring (bicyclic) bond motifs is 1. The molecular weight excluding hydrogens is 354 g/mol. The van der Waals surface area contributed by atoms with Crippen molar-refractivity contribution in [3.05, 3.63) is 51.3 Å². The maximum Gasteiger partial charge on any atom is 0.348 e. The van der Waals surface area contributed by atoms with Gasteiger partial charge in [0.05, 0.1) is 34.3 Å². The summed E-state index contributed by atoms with van der Waals surface area (Å²) >= 11 is 1.30. The zero-order chi connectivity index (χ0) is 18.7. The lowest BCUT2D eigenvalue weighted by atomic mass is 10.0. The Bertz CT molecular complexity index is 871. The molecule has 3 rings (SSSR count). The zero-order valence-electron chi connectivity index (χ0n) is 14.8. The van der Waals surface area contributed by atoms with Crippen LogP contribution in [0.15, 0.2) is 29.8 Å². The van der Waals surface area contributed by atoms with Gasteiger partial charge in [0.15, 0.2) is 11.5 Å². The van der Waals surface area contributed by atoms with Gasteiger partial charge in [-0.3, -0.25) is 4.79 Å². The highest BCUT2D eigenvalue weighted by molar-refractivity contribution is 7.12. The van der Waals surface area contributed by atoms with Gasteiger partial charge in [0.2, 0.25) is 5.91 Å². The number of methoxy groups -OCH3 is 3. The Morgan fingerprint density at radius 1 is 1.15 bits per heavy atom. The molecule has 7 heteroatoms. The molecular formula is C19H19NO5S. The molecule has 136 valence electrons. The number of ether oxygens (including phenoxy) is 3. The van der Waals surface area contributed by atoms with Crippen molar-refractivity contribution < 1.29 is 23.8 Å². The van der Waals surface area contributed by atoms with E-state index >= 15 is 0 Å². The summed E-state index contributed by atoms with van der Waals surface area (Å²) in [5.41, 5.74) is 2.68. The molecule has 2 aromatic rings. The van der Waals surface area contributed by atoms with E-state index in [2.05, 4.69) is 0 Å². The first-order chi connectivity index (χ1) is 12.5. The minimum atomic E-state index is -0.370. The second-order valence-corrected chi connectivity index (χ2v) is 6.64. The van der Waals surface area contributed by atoms with E-state index in [0.717, 1.165) is 16.7 Å². The van der Waals surface area contributed by atoms with Crippen LogP contribution in [0.2, 0.25) is 0 Å². The van der Waals surface area contributed by atoms with E-state index in [0.29, 0.717) is 22.9 Å². The Labute approximate surface area is 155 Å². The number of rotatable bonds is 5. The first-order valence-electron chi connectivity index (χ1n) is 7.94. The lowest BCUT2D eigenvalue weighted by Crippen LogP contribution is -2.25. The van der Waals surface area contributed by atoms with Crippen LogP contribution in [0.1, 0.15) is 26.4 Å². The summed E-state index contributed by atoms with van der Waals surface area (Å²) in [6.45, 7) is 0.394. The van der Waals surface area contributed by atoms with E-state index in [1.807, 2.05) is 23.6 Å². The molecule has 1 aromatic carbocycles. The Balaban J connectivity index is 1.82. The van der Waals surface area contributed by atoms with Crippen LogP contribution in [0.5, 0.6) is 11.5 Å². The first kappa shape index (κ1) is 18.0. The number of nitrogens with zero attached hydrogens (tertiary/aromatic N) is 1. The predicted molar refractivity (Wildman–Crippen MR) is 98.5 cm³/mol. The molecule has 0 spiro atoms. The molecule has 1 aliphatic rings. The van der Waals surface area contributed by atoms with Gasteiger partial charge in [0.25, 0.3) is 0 Å². The Hall–Kier alpha value is -2.80. The van der Waals surface area contributed by atoms with Gasteiger partial charge in [-0.1, -0.05) is 0 Å². The zero-order valence-corrected chi connectivity index (χ0v) is 15.6. The van der Waals surface area contributed by atoms with E-state index in [1.54, 1.807) is 31.4 Å². The van der Waals surface area contributed by atoms with Crippen molar-refractivity contribution in [2.24, 2.45) is 0 Å². The molecule has 0 bridgehead atoms. The first-order valence-corrected chi connectivity index (χ1v) is 8.82. The number of hydrogen-bond donors (Lipinski definition) is 0. The van der Waals surface area contributed by atoms with Crippen LogP contribution in [0.4, 0.5) is 0 Å². The van der Waals surface area contributed by atoms with E-state index < -0.39 is 0 Å². The Morgan fingerprint density at radius 3 is 2.58 bits per heavy atom. The maximum atomic E-state index is 12.6. The molecule has 1 aromatic heterocycles. The third-order valence-electron chi connectivity index (χ3n) is 4.13. The molecule has 0 radical (unpaired) electrons. The van der Waals surface area contributed by atoms with Crippen molar-refractivity contribution in [3.63, 3.8) is 0 Å². The highest BCUT2D eigenvalue weighted by Crippen LogP contribution is 2.33. The fourth-order valence-electron chi connectivity index (χ4n) is 2.77. The fraction of sp³-hybridized carbons (Fsp3) is 0.263. The van der Waals surface area contributed by atoms with Crippen LogP contribution in [0.3, 0.4) is 0 Å². The van der Waals surface area contributed by atoms with Crippen LogP contribution in [-0.2, 0) is 22.5 Å². The van der Waals surface area contributed by atoms with Crippen molar-refractivity contribution in [2.45, 2.75) is 13.0 Å². The Kier molecular flexibility index (Phi) is 5.27. The van der Waals surface area contributed by atoms with Gasteiger partial charge >= 0.3 is 5.97 Å². The highest BCUT2D eigenvalue weighted by atomic mass is 32.1. The van der Waals surface area contributed by atoms with Crippen molar-refractivity contribution in [1.29, 1.82) is 0 Å².